The summed E-state index contributed by atoms with van der Waals surface area (Å²) in [6.45, 7) is 8.82. The second kappa shape index (κ2) is 13.8. The van der Waals surface area contributed by atoms with Crippen molar-refractivity contribution in [1.82, 2.24) is 5.32 Å². The van der Waals surface area contributed by atoms with Gasteiger partial charge in [-0.1, -0.05) is 20.8 Å². The third-order valence-corrected chi connectivity index (χ3v) is 0.814. The zero-order valence-corrected chi connectivity index (χ0v) is 13.0. The molecule has 0 amide bonds. The van der Waals surface area contributed by atoms with E-state index in [4.69, 9.17) is 0 Å². The van der Waals surface area contributed by atoms with Gasteiger partial charge in [0.05, 0.1) is 0 Å². The van der Waals surface area contributed by atoms with Gasteiger partial charge in [-0.2, -0.15) is 6.42 Å². The third kappa shape index (κ3) is 24.6. The van der Waals surface area contributed by atoms with Gasteiger partial charge in [0, 0.05) is 40.8 Å². The third-order valence-electron chi connectivity index (χ3n) is 0.814. The molecule has 0 unspecified atom stereocenters. The summed E-state index contributed by atoms with van der Waals surface area (Å²) in [4.78, 5) is 0. The first-order valence-electron chi connectivity index (χ1n) is 3.76. The monoisotopic (exact) mass is 502 g/mol. The molecule has 1 N–H and O–H groups in total. The van der Waals surface area contributed by atoms with E-state index < -0.39 is 0 Å². The molecule has 1 nitrogen and oxygen atoms in total. The zero-order chi connectivity index (χ0) is 7.11. The van der Waals surface area contributed by atoms with E-state index in [-0.39, 0.29) is 40.8 Å². The Morgan fingerprint density at radius 3 is 1.73 bits per heavy atom. The largest absolute Gasteiger partial charge is 0.349 e. The van der Waals surface area contributed by atoms with Gasteiger partial charge in [-0.3, -0.25) is 0 Å². The quantitative estimate of drug-likeness (QED) is 0.501. The smallest absolute Gasteiger partial charge is 0 e. The van der Waals surface area contributed by atoms with Crippen LogP contribution in [0.1, 0.15) is 27.2 Å². The molecule has 1 saturated heterocycles. The standard InChI is InChI=1S/C4H8N.C4H10.2Re/c1-2-4-5-3-1;1-4(2)3;;/h1,5H,2-4H2;4H,1-3H3;;/q-1;;;. The Labute approximate surface area is 98.4 Å². The molecule has 0 aliphatic carbocycles. The second-order valence-electron chi connectivity index (χ2n) is 3.01. The Hall–Kier alpha value is 1.28. The van der Waals surface area contributed by atoms with Gasteiger partial charge in [0.25, 0.3) is 0 Å². The van der Waals surface area contributed by atoms with E-state index in [1.807, 2.05) is 0 Å². The van der Waals surface area contributed by atoms with Crippen LogP contribution in [0.15, 0.2) is 0 Å². The SMILES string of the molecule is CC(C)C.[CH-]1CCNC1.[Re].[Re]. The van der Waals surface area contributed by atoms with Crippen LogP contribution in [0.4, 0.5) is 0 Å². The first-order chi connectivity index (χ1) is 4.23. The van der Waals surface area contributed by atoms with E-state index in [9.17, 15) is 0 Å². The fourth-order valence-electron chi connectivity index (χ4n) is 0.510. The van der Waals surface area contributed by atoms with Gasteiger partial charge in [0.2, 0.25) is 0 Å². The minimum atomic E-state index is 0. The zero-order valence-electron chi connectivity index (χ0n) is 7.53. The van der Waals surface area contributed by atoms with Crippen LogP contribution in [0.3, 0.4) is 0 Å². The van der Waals surface area contributed by atoms with Crippen molar-refractivity contribution < 1.29 is 40.8 Å². The van der Waals surface area contributed by atoms with E-state index >= 15 is 0 Å². The summed E-state index contributed by atoms with van der Waals surface area (Å²) in [6.07, 6.45) is 3.51. The fourth-order valence-corrected chi connectivity index (χ4v) is 0.510. The molecule has 1 rings (SSSR count). The predicted octanol–water partition coefficient (Wildman–Crippen LogP) is 1.84. The van der Waals surface area contributed by atoms with E-state index in [2.05, 4.69) is 32.5 Å². The van der Waals surface area contributed by atoms with Crippen molar-refractivity contribution in [3.8, 4) is 0 Å². The molecule has 0 aromatic rings. The van der Waals surface area contributed by atoms with Gasteiger partial charge >= 0.3 is 0 Å². The van der Waals surface area contributed by atoms with Crippen molar-refractivity contribution in [3.05, 3.63) is 6.42 Å². The second-order valence-corrected chi connectivity index (χ2v) is 3.01. The Bertz CT molecular complexity index is 43.7. The predicted molar refractivity (Wildman–Crippen MR) is 42.3 cm³/mol. The molecule has 0 bridgehead atoms. The first-order valence-corrected chi connectivity index (χ1v) is 3.76. The molecule has 1 heterocycles. The maximum Gasteiger partial charge on any atom is 0 e. The maximum absolute atomic E-state index is 3.17. The summed E-state index contributed by atoms with van der Waals surface area (Å²) < 4.78 is 0. The Kier molecular flexibility index (Phi) is 22.8. The van der Waals surface area contributed by atoms with Gasteiger partial charge in [-0.25, -0.2) is 0 Å². The number of hydrogen-bond donors (Lipinski definition) is 1. The van der Waals surface area contributed by atoms with E-state index in [1.165, 1.54) is 13.0 Å². The maximum atomic E-state index is 3.17. The summed E-state index contributed by atoms with van der Waals surface area (Å²) in [5, 5.41) is 3.17. The van der Waals surface area contributed by atoms with Gasteiger partial charge in [0.1, 0.15) is 0 Å². The molecular weight excluding hydrogens is 483 g/mol. The van der Waals surface area contributed by atoms with E-state index in [1.54, 1.807) is 0 Å². The number of nitrogens with one attached hydrogen (secondary N) is 1. The molecule has 70 valence electrons. The average Bonchev–Trinajstić information content (AvgIpc) is 2.11. The molecule has 0 aromatic heterocycles. The van der Waals surface area contributed by atoms with Crippen molar-refractivity contribution >= 4 is 0 Å². The molecule has 3 heteroatoms. The van der Waals surface area contributed by atoms with Crippen LogP contribution in [-0.4, -0.2) is 13.1 Å². The molecule has 2 radical (unpaired) electrons. The van der Waals surface area contributed by atoms with Crippen molar-refractivity contribution in [3.63, 3.8) is 0 Å². The van der Waals surface area contributed by atoms with Crippen molar-refractivity contribution in [1.29, 1.82) is 0 Å². The normalized spacial score (nSPS) is 14.2. The summed E-state index contributed by atoms with van der Waals surface area (Å²) in [5.74, 6) is 0.833. The van der Waals surface area contributed by atoms with Crippen LogP contribution >= 0.6 is 0 Å². The van der Waals surface area contributed by atoms with Crippen molar-refractivity contribution in [2.45, 2.75) is 27.2 Å². The van der Waals surface area contributed by atoms with Crippen LogP contribution in [0, 0.1) is 12.3 Å². The van der Waals surface area contributed by atoms with Gasteiger partial charge in [0.15, 0.2) is 0 Å². The van der Waals surface area contributed by atoms with Crippen LogP contribution in [0.25, 0.3) is 0 Å². The molecule has 1 fully saturated rings. The Morgan fingerprint density at radius 1 is 1.18 bits per heavy atom. The molecule has 0 atom stereocenters. The topological polar surface area (TPSA) is 12.0 Å². The summed E-state index contributed by atoms with van der Waals surface area (Å²) >= 11 is 0. The average molecular weight is 501 g/mol. The molecular formula is C8H18NRe2-. The number of rotatable bonds is 0. The molecule has 0 spiro atoms. The van der Waals surface area contributed by atoms with E-state index in [0.717, 1.165) is 12.5 Å². The Balaban J connectivity index is -0.000000101. The minimum Gasteiger partial charge on any atom is -0.349 e. The molecule has 0 saturated carbocycles. The molecule has 11 heavy (non-hydrogen) atoms. The van der Waals surface area contributed by atoms with Gasteiger partial charge < -0.3 is 11.7 Å². The number of hydrogen-bond acceptors (Lipinski definition) is 1. The van der Waals surface area contributed by atoms with E-state index in [0.29, 0.717) is 0 Å². The van der Waals surface area contributed by atoms with Crippen molar-refractivity contribution in [2.75, 3.05) is 13.1 Å². The summed E-state index contributed by atoms with van der Waals surface area (Å²) in [6, 6.07) is 0. The van der Waals surface area contributed by atoms with Gasteiger partial charge in [-0.15, -0.1) is 6.54 Å². The van der Waals surface area contributed by atoms with Crippen LogP contribution in [0.2, 0.25) is 0 Å². The van der Waals surface area contributed by atoms with Crippen LogP contribution < -0.4 is 5.32 Å². The molecule has 1 aliphatic rings. The van der Waals surface area contributed by atoms with Crippen LogP contribution in [-0.2, 0) is 40.8 Å². The van der Waals surface area contributed by atoms with Gasteiger partial charge in [-0.05, 0) is 12.5 Å². The fraction of sp³-hybridized carbons (Fsp3) is 0.875. The first kappa shape index (κ1) is 18.1. The van der Waals surface area contributed by atoms with Crippen LogP contribution in [0.5, 0.6) is 0 Å². The Morgan fingerprint density at radius 2 is 1.64 bits per heavy atom. The molecule has 0 aromatic carbocycles. The summed E-state index contributed by atoms with van der Waals surface area (Å²) in [5.41, 5.74) is 0. The molecule has 1 aliphatic heterocycles. The summed E-state index contributed by atoms with van der Waals surface area (Å²) in [7, 11) is 0. The van der Waals surface area contributed by atoms with Crippen molar-refractivity contribution in [2.24, 2.45) is 5.92 Å². The minimum absolute atomic E-state index is 0.